The Morgan fingerprint density at radius 1 is 0.932 bits per heavy atom. The highest BCUT2D eigenvalue weighted by molar-refractivity contribution is 6.80. The van der Waals surface area contributed by atoms with Gasteiger partial charge in [0.15, 0.2) is 14.5 Å². The fourth-order valence-corrected chi connectivity index (χ4v) is 6.93. The molecule has 12 heteroatoms. The van der Waals surface area contributed by atoms with Gasteiger partial charge in [-0.1, -0.05) is 51.5 Å². The van der Waals surface area contributed by atoms with Crippen LogP contribution in [0.1, 0.15) is 78.2 Å². The summed E-state index contributed by atoms with van der Waals surface area (Å²) in [7, 11) is -2.45. The lowest BCUT2D eigenvalue weighted by atomic mass is 9.91. The number of pyridine rings is 1. The molecule has 44 heavy (non-hydrogen) atoms. The summed E-state index contributed by atoms with van der Waals surface area (Å²) in [6.07, 6.45) is -1.11. The lowest BCUT2D eigenvalue weighted by molar-refractivity contribution is -0.168. The van der Waals surface area contributed by atoms with Crippen LogP contribution in [0.2, 0.25) is 23.2 Å². The predicted octanol–water partition coefficient (Wildman–Crippen LogP) is 7.60. The van der Waals surface area contributed by atoms with Crippen molar-refractivity contribution in [2.75, 3.05) is 4.90 Å². The van der Waals surface area contributed by atoms with Gasteiger partial charge >= 0.3 is 18.2 Å². The van der Waals surface area contributed by atoms with Crippen LogP contribution < -0.4 is 4.90 Å². The molecule has 0 radical (unpaired) electrons. The highest BCUT2D eigenvalue weighted by atomic mass is 35.5. The van der Waals surface area contributed by atoms with E-state index in [1.165, 1.54) is 18.3 Å². The first-order valence-electron chi connectivity index (χ1n) is 14.5. The Morgan fingerprint density at radius 2 is 1.50 bits per heavy atom. The summed E-state index contributed by atoms with van der Waals surface area (Å²) in [6.45, 7) is 20.5. The van der Waals surface area contributed by atoms with Crippen LogP contribution in [0.5, 0.6) is 0 Å². The number of ether oxygens (including phenoxy) is 3. The highest BCUT2D eigenvalue weighted by Gasteiger charge is 2.59. The summed E-state index contributed by atoms with van der Waals surface area (Å²) in [4.78, 5) is 58.3. The van der Waals surface area contributed by atoms with Gasteiger partial charge in [0.05, 0.1) is 11.5 Å². The van der Waals surface area contributed by atoms with E-state index < -0.39 is 49.7 Å². The summed E-state index contributed by atoms with van der Waals surface area (Å²) < 4.78 is 18.7. The van der Waals surface area contributed by atoms with E-state index in [9.17, 15) is 19.2 Å². The predicted molar refractivity (Wildman–Crippen MR) is 171 cm³/mol. The summed E-state index contributed by atoms with van der Waals surface area (Å²) >= 11 is 6.11. The Kier molecular flexibility index (Phi) is 9.96. The first kappa shape index (κ1) is 35.0. The number of rotatable bonds is 6. The van der Waals surface area contributed by atoms with Crippen molar-refractivity contribution in [2.45, 2.75) is 104 Å². The van der Waals surface area contributed by atoms with Crippen LogP contribution in [0.4, 0.5) is 15.4 Å². The Balaban J connectivity index is 1.97. The summed E-state index contributed by atoms with van der Waals surface area (Å²) in [5, 5.41) is 0.185. The molecule has 2 aromatic rings. The number of nitrogens with zero attached hydrogens (tertiary/aromatic N) is 3. The van der Waals surface area contributed by atoms with Crippen LogP contribution in [0, 0.1) is 5.92 Å². The van der Waals surface area contributed by atoms with Crippen LogP contribution in [-0.4, -0.2) is 59.3 Å². The average Bonchev–Trinajstić information content (AvgIpc) is 2.84. The molecule has 0 N–H and O–H groups in total. The molecule has 1 aliphatic rings. The normalized spacial score (nSPS) is 17.5. The van der Waals surface area contributed by atoms with Crippen molar-refractivity contribution in [1.29, 1.82) is 0 Å². The number of aromatic nitrogens is 1. The third-order valence-electron chi connectivity index (χ3n) is 7.53. The Morgan fingerprint density at radius 3 is 2.00 bits per heavy atom. The van der Waals surface area contributed by atoms with Gasteiger partial charge in [0.1, 0.15) is 17.0 Å². The van der Waals surface area contributed by atoms with Crippen molar-refractivity contribution in [3.63, 3.8) is 0 Å². The zero-order valence-electron chi connectivity index (χ0n) is 27.5. The molecule has 2 heterocycles. The summed E-state index contributed by atoms with van der Waals surface area (Å²) in [5.74, 6) is -1.43. The number of amides is 3. The maximum absolute atomic E-state index is 13.8. The molecule has 0 bridgehead atoms. The van der Waals surface area contributed by atoms with Crippen molar-refractivity contribution in [2.24, 2.45) is 5.92 Å². The van der Waals surface area contributed by atoms with Crippen LogP contribution in [0.25, 0.3) is 0 Å². The number of hydrogen-bond acceptors (Lipinski definition) is 8. The topological polar surface area (TPSA) is 115 Å². The van der Waals surface area contributed by atoms with Gasteiger partial charge in [-0.3, -0.25) is 4.79 Å². The van der Waals surface area contributed by atoms with Gasteiger partial charge in [0, 0.05) is 11.2 Å². The minimum Gasteiger partial charge on any atom is -0.443 e. The summed E-state index contributed by atoms with van der Waals surface area (Å²) in [5.41, 5.74) is -0.896. The third kappa shape index (κ3) is 8.18. The molecule has 0 saturated carbocycles. The van der Waals surface area contributed by atoms with E-state index >= 15 is 0 Å². The van der Waals surface area contributed by atoms with Crippen LogP contribution >= 0.6 is 11.6 Å². The maximum atomic E-state index is 13.8. The number of halogens is 1. The molecule has 3 rings (SSSR count). The lowest BCUT2D eigenvalue weighted by Gasteiger charge is -2.57. The number of carbonyl (C=O) groups is 4. The SMILES string of the molecule is CC(C)(C)OC(=O)N(C(=O)OC(C)(C)C)c1cc(C[C@H]2C(=O)N([Si](C)(C)C(C)(C)C)[C@@H]2OC(=O)c2cccc(Cl)c2)ccn1. The molecule has 2 atom stereocenters. The van der Waals surface area contributed by atoms with Crippen molar-refractivity contribution >= 4 is 49.7 Å². The first-order valence-corrected chi connectivity index (χ1v) is 17.8. The van der Waals surface area contributed by atoms with Gasteiger partial charge in [0.2, 0.25) is 5.91 Å². The van der Waals surface area contributed by atoms with Crippen molar-refractivity contribution in [1.82, 2.24) is 9.55 Å². The van der Waals surface area contributed by atoms with E-state index in [1.54, 1.807) is 70.4 Å². The van der Waals surface area contributed by atoms with E-state index in [4.69, 9.17) is 25.8 Å². The molecular formula is C32H44ClN3O7Si. The number of anilines is 1. The average molecular weight is 646 g/mol. The van der Waals surface area contributed by atoms with Crippen LogP contribution in [0.3, 0.4) is 0 Å². The van der Waals surface area contributed by atoms with E-state index in [-0.39, 0.29) is 28.7 Å². The minimum atomic E-state index is -2.45. The number of β-lactam (4-membered cyclic amide) rings is 1. The van der Waals surface area contributed by atoms with E-state index in [0.717, 1.165) is 4.90 Å². The molecule has 1 aliphatic heterocycles. The Hall–Kier alpha value is -3.44. The molecule has 0 aliphatic carbocycles. The third-order valence-corrected chi connectivity index (χ3v) is 13.1. The van der Waals surface area contributed by atoms with Crippen molar-refractivity contribution < 1.29 is 33.4 Å². The second-order valence-corrected chi connectivity index (χ2v) is 20.0. The molecule has 0 unspecified atom stereocenters. The molecule has 1 aromatic heterocycles. The molecular weight excluding hydrogens is 602 g/mol. The molecule has 1 aromatic carbocycles. The van der Waals surface area contributed by atoms with E-state index in [1.807, 2.05) is 0 Å². The lowest BCUT2D eigenvalue weighted by Crippen LogP contribution is -2.74. The van der Waals surface area contributed by atoms with Crippen molar-refractivity contribution in [3.05, 3.63) is 58.7 Å². The van der Waals surface area contributed by atoms with Gasteiger partial charge < -0.3 is 18.8 Å². The zero-order valence-corrected chi connectivity index (χ0v) is 29.2. The molecule has 10 nitrogen and oxygen atoms in total. The van der Waals surface area contributed by atoms with Gasteiger partial charge in [0.25, 0.3) is 0 Å². The summed E-state index contributed by atoms with van der Waals surface area (Å²) in [6, 6.07) is 9.67. The molecule has 3 amide bonds. The number of imide groups is 1. The number of hydrogen-bond donors (Lipinski definition) is 0. The fraction of sp³-hybridized carbons (Fsp3) is 0.531. The van der Waals surface area contributed by atoms with Crippen LogP contribution in [0.15, 0.2) is 42.6 Å². The number of esters is 1. The minimum absolute atomic E-state index is 0.0218. The fourth-order valence-electron chi connectivity index (χ4n) is 4.44. The van der Waals surface area contributed by atoms with Gasteiger partial charge in [-0.2, -0.15) is 4.90 Å². The van der Waals surface area contributed by atoms with Gasteiger partial charge in [-0.15, -0.1) is 0 Å². The van der Waals surface area contributed by atoms with Crippen LogP contribution in [-0.2, 0) is 25.4 Å². The molecule has 240 valence electrons. The number of carbonyl (C=O) groups excluding carboxylic acids is 4. The maximum Gasteiger partial charge on any atom is 0.425 e. The molecule has 1 fully saturated rings. The number of benzene rings is 1. The Bertz CT molecular complexity index is 1400. The zero-order chi connectivity index (χ0) is 33.4. The monoisotopic (exact) mass is 645 g/mol. The van der Waals surface area contributed by atoms with Crippen molar-refractivity contribution in [3.8, 4) is 0 Å². The second-order valence-electron chi connectivity index (χ2n) is 14.5. The molecule has 0 spiro atoms. The van der Waals surface area contributed by atoms with E-state index in [0.29, 0.717) is 10.6 Å². The standard InChI is InChI=1S/C32H44ClN3O7Si/c1-30(2,3)42-28(39)35(29(40)43-31(4,5)6)24-18-20(15-16-34-24)17-23-25(37)36(44(10,11)32(7,8)9)26(23)41-27(38)21-13-12-14-22(33)19-21/h12-16,18-19,23,26H,17H2,1-11H3/t23-,26+/m0/s1. The quantitative estimate of drug-likeness (QED) is 0.136. The smallest absolute Gasteiger partial charge is 0.425 e. The van der Waals surface area contributed by atoms with Gasteiger partial charge in [-0.05, 0) is 88.9 Å². The largest absolute Gasteiger partial charge is 0.443 e. The molecule has 1 saturated heterocycles. The first-order chi connectivity index (χ1) is 20.0. The highest BCUT2D eigenvalue weighted by Crippen LogP contribution is 2.46. The van der Waals surface area contributed by atoms with E-state index in [2.05, 4.69) is 38.8 Å². The van der Waals surface area contributed by atoms with Gasteiger partial charge in [-0.25, -0.2) is 19.4 Å². The Labute approximate surface area is 266 Å². The second kappa shape index (κ2) is 12.5.